The van der Waals surface area contributed by atoms with Crippen LogP contribution >= 0.6 is 22.9 Å². The van der Waals surface area contributed by atoms with Crippen LogP contribution in [0.1, 0.15) is 23.2 Å². The Morgan fingerprint density at radius 3 is 2.65 bits per heavy atom. The van der Waals surface area contributed by atoms with Crippen molar-refractivity contribution in [2.45, 2.75) is 26.7 Å². The molecule has 0 aliphatic carbocycles. The fraction of sp³-hybridized carbons (Fsp3) is 0.174. The van der Waals surface area contributed by atoms with Gasteiger partial charge in [-0.05, 0) is 44.0 Å². The number of nitrogens with one attached hydrogen (secondary N) is 2. The molecule has 2 heterocycles. The first-order chi connectivity index (χ1) is 14.9. The van der Waals surface area contributed by atoms with Gasteiger partial charge >= 0.3 is 0 Å². The first kappa shape index (κ1) is 21.1. The quantitative estimate of drug-likeness (QED) is 0.425. The second-order valence-corrected chi connectivity index (χ2v) is 8.51. The number of rotatable bonds is 6. The average molecular weight is 453 g/mol. The van der Waals surface area contributed by atoms with Crippen molar-refractivity contribution >= 4 is 34.5 Å². The normalized spacial score (nSPS) is 10.9. The van der Waals surface area contributed by atoms with Crippen LogP contribution in [0.15, 0.2) is 58.7 Å². The highest BCUT2D eigenvalue weighted by molar-refractivity contribution is 7.12. The number of nitrogens with zero attached hydrogens (tertiary/aromatic N) is 2. The Morgan fingerprint density at radius 1 is 1.16 bits per heavy atom. The number of hydrogen-bond acceptors (Lipinski definition) is 4. The highest BCUT2D eigenvalue weighted by atomic mass is 35.5. The molecule has 0 fully saturated rings. The van der Waals surface area contributed by atoms with Gasteiger partial charge < -0.3 is 5.32 Å². The standard InChI is InChI=1S/C23H21ClN4O2S/c1-14-5-3-4-6-19(14)25-21(29)12-11-18-15(2)27-28(22(18)30)23-26-20(13-31-23)16-7-9-17(24)10-8-16/h3-10,13,27H,11-12H2,1-2H3,(H,25,29). The second-order valence-electron chi connectivity index (χ2n) is 7.24. The lowest BCUT2D eigenvalue weighted by Gasteiger charge is -2.07. The summed E-state index contributed by atoms with van der Waals surface area (Å²) in [7, 11) is 0. The lowest BCUT2D eigenvalue weighted by molar-refractivity contribution is -0.116. The van der Waals surface area contributed by atoms with Gasteiger partial charge in [0.15, 0.2) is 0 Å². The Hall–Kier alpha value is -3.16. The van der Waals surface area contributed by atoms with Gasteiger partial charge in [-0.2, -0.15) is 4.68 Å². The zero-order chi connectivity index (χ0) is 22.0. The first-order valence-corrected chi connectivity index (χ1v) is 11.1. The molecule has 4 aromatic rings. The van der Waals surface area contributed by atoms with E-state index in [-0.39, 0.29) is 17.9 Å². The molecule has 6 nitrogen and oxygen atoms in total. The summed E-state index contributed by atoms with van der Waals surface area (Å²) in [5.74, 6) is -0.125. The molecule has 0 atom stereocenters. The van der Waals surface area contributed by atoms with Crippen LogP contribution in [-0.4, -0.2) is 20.7 Å². The number of halogens is 1. The smallest absolute Gasteiger partial charge is 0.276 e. The van der Waals surface area contributed by atoms with Crippen LogP contribution in [0.4, 0.5) is 5.69 Å². The molecule has 0 saturated heterocycles. The van der Waals surface area contributed by atoms with Crippen LogP contribution in [0.25, 0.3) is 16.4 Å². The largest absolute Gasteiger partial charge is 0.326 e. The van der Waals surface area contributed by atoms with E-state index >= 15 is 0 Å². The number of H-pyrrole nitrogens is 1. The summed E-state index contributed by atoms with van der Waals surface area (Å²) in [4.78, 5) is 29.9. The average Bonchev–Trinajstić information content (AvgIpc) is 3.34. The van der Waals surface area contributed by atoms with Gasteiger partial charge in [-0.15, -0.1) is 11.3 Å². The van der Waals surface area contributed by atoms with Crippen molar-refractivity contribution in [3.05, 3.63) is 86.1 Å². The molecule has 0 unspecified atom stereocenters. The maximum absolute atomic E-state index is 13.0. The highest BCUT2D eigenvalue weighted by Crippen LogP contribution is 2.25. The number of benzene rings is 2. The van der Waals surface area contributed by atoms with Crippen molar-refractivity contribution in [3.63, 3.8) is 0 Å². The molecule has 0 bridgehead atoms. The van der Waals surface area contributed by atoms with Gasteiger partial charge in [0, 0.05) is 39.3 Å². The molecule has 4 rings (SSSR count). The van der Waals surface area contributed by atoms with Crippen LogP contribution in [0, 0.1) is 13.8 Å². The van der Waals surface area contributed by atoms with Crippen LogP contribution in [-0.2, 0) is 11.2 Å². The predicted octanol–water partition coefficient (Wildman–Crippen LogP) is 5.13. The van der Waals surface area contributed by atoms with Crippen LogP contribution in [0.3, 0.4) is 0 Å². The zero-order valence-corrected chi connectivity index (χ0v) is 18.7. The molecular formula is C23H21ClN4O2S. The number of carbonyl (C=O) groups is 1. The molecule has 2 aromatic carbocycles. The number of aryl methyl sites for hydroxylation is 2. The number of thiazole rings is 1. The van der Waals surface area contributed by atoms with Gasteiger partial charge in [-0.3, -0.25) is 14.7 Å². The summed E-state index contributed by atoms with van der Waals surface area (Å²) in [6.45, 7) is 3.77. The van der Waals surface area contributed by atoms with E-state index in [1.165, 1.54) is 16.0 Å². The molecule has 8 heteroatoms. The molecule has 0 radical (unpaired) electrons. The van der Waals surface area contributed by atoms with E-state index in [0.29, 0.717) is 22.1 Å². The van der Waals surface area contributed by atoms with Gasteiger partial charge in [0.25, 0.3) is 5.56 Å². The predicted molar refractivity (Wildman–Crippen MR) is 125 cm³/mol. The Morgan fingerprint density at radius 2 is 1.90 bits per heavy atom. The third kappa shape index (κ3) is 4.62. The highest BCUT2D eigenvalue weighted by Gasteiger charge is 2.16. The molecule has 31 heavy (non-hydrogen) atoms. The number of carbonyl (C=O) groups excluding carboxylic acids is 1. The number of hydrogen-bond donors (Lipinski definition) is 2. The Kier molecular flexibility index (Phi) is 6.06. The number of aromatic amines is 1. The molecular weight excluding hydrogens is 432 g/mol. The maximum Gasteiger partial charge on any atom is 0.276 e. The SMILES string of the molecule is Cc1ccccc1NC(=O)CCc1c(C)[nH]n(-c2nc(-c3ccc(Cl)cc3)cs2)c1=O. The number of amides is 1. The second kappa shape index (κ2) is 8.91. The summed E-state index contributed by atoms with van der Waals surface area (Å²) in [5, 5.41) is 9.10. The fourth-order valence-corrected chi connectivity index (χ4v) is 4.21. The van der Waals surface area contributed by atoms with Crippen molar-refractivity contribution in [3.8, 4) is 16.4 Å². The van der Waals surface area contributed by atoms with Gasteiger partial charge in [0.05, 0.1) is 5.69 Å². The van der Waals surface area contributed by atoms with Crippen molar-refractivity contribution in [2.24, 2.45) is 0 Å². The van der Waals surface area contributed by atoms with Crippen LogP contribution in [0.5, 0.6) is 0 Å². The lowest BCUT2D eigenvalue weighted by Crippen LogP contribution is -2.19. The van der Waals surface area contributed by atoms with Crippen molar-refractivity contribution < 1.29 is 4.79 Å². The van der Waals surface area contributed by atoms with Crippen molar-refractivity contribution in [1.29, 1.82) is 0 Å². The topological polar surface area (TPSA) is 79.8 Å². The van der Waals surface area contributed by atoms with Gasteiger partial charge in [-0.25, -0.2) is 4.98 Å². The van der Waals surface area contributed by atoms with E-state index in [1.807, 2.05) is 55.6 Å². The molecule has 0 aliphatic heterocycles. The Bertz CT molecular complexity index is 1290. The maximum atomic E-state index is 13.0. The number of para-hydroxylation sites is 1. The van der Waals surface area contributed by atoms with E-state index in [2.05, 4.69) is 15.4 Å². The molecule has 0 saturated carbocycles. The van der Waals surface area contributed by atoms with Gasteiger partial charge in [0.1, 0.15) is 0 Å². The minimum absolute atomic E-state index is 0.125. The number of aromatic nitrogens is 3. The van der Waals surface area contributed by atoms with Gasteiger partial charge in [0.2, 0.25) is 11.0 Å². The van der Waals surface area contributed by atoms with E-state index < -0.39 is 0 Å². The molecule has 1 amide bonds. The van der Waals surface area contributed by atoms with E-state index in [9.17, 15) is 9.59 Å². The lowest BCUT2D eigenvalue weighted by atomic mass is 10.1. The summed E-state index contributed by atoms with van der Waals surface area (Å²) < 4.78 is 1.44. The third-order valence-electron chi connectivity index (χ3n) is 5.04. The minimum Gasteiger partial charge on any atom is -0.326 e. The molecule has 0 aliphatic rings. The van der Waals surface area contributed by atoms with E-state index in [1.54, 1.807) is 12.1 Å². The van der Waals surface area contributed by atoms with Crippen molar-refractivity contribution in [2.75, 3.05) is 5.32 Å². The van der Waals surface area contributed by atoms with E-state index in [0.717, 1.165) is 28.2 Å². The fourth-order valence-electron chi connectivity index (χ4n) is 3.30. The summed E-state index contributed by atoms with van der Waals surface area (Å²) >= 11 is 7.32. The van der Waals surface area contributed by atoms with Crippen LogP contribution in [0.2, 0.25) is 5.02 Å². The summed E-state index contributed by atoms with van der Waals surface area (Å²) in [6, 6.07) is 15.0. The first-order valence-electron chi connectivity index (χ1n) is 9.80. The Balaban J connectivity index is 1.49. The zero-order valence-electron chi connectivity index (χ0n) is 17.1. The third-order valence-corrected chi connectivity index (χ3v) is 6.12. The van der Waals surface area contributed by atoms with E-state index in [4.69, 9.17) is 11.6 Å². The monoisotopic (exact) mass is 452 g/mol. The molecule has 0 spiro atoms. The van der Waals surface area contributed by atoms with Crippen molar-refractivity contribution in [1.82, 2.24) is 14.8 Å². The summed E-state index contributed by atoms with van der Waals surface area (Å²) in [5.41, 5.74) is 4.62. The number of anilines is 1. The molecule has 2 N–H and O–H groups in total. The van der Waals surface area contributed by atoms with Gasteiger partial charge in [-0.1, -0.05) is 41.9 Å². The summed E-state index contributed by atoms with van der Waals surface area (Å²) in [6.07, 6.45) is 0.567. The van der Waals surface area contributed by atoms with Crippen LogP contribution < -0.4 is 10.9 Å². The minimum atomic E-state index is -0.182. The Labute approximate surface area is 188 Å². The molecule has 158 valence electrons. The molecule has 2 aromatic heterocycles.